The molecule has 0 aliphatic carbocycles. The number of rotatable bonds is 10. The number of carbonyl (C=O) groups excluding carboxylic acids is 1. The summed E-state index contributed by atoms with van der Waals surface area (Å²) in [5.41, 5.74) is 2.01. The molecule has 1 aliphatic heterocycles. The van der Waals surface area contributed by atoms with Crippen molar-refractivity contribution in [3.8, 4) is 0 Å². The van der Waals surface area contributed by atoms with Crippen LogP contribution in [0.15, 0.2) is 73.3 Å². The van der Waals surface area contributed by atoms with Crippen molar-refractivity contribution in [3.63, 3.8) is 0 Å². The fraction of sp³-hybridized carbons (Fsp3) is 0.400. The molecule has 2 aromatic rings. The molecule has 31 heavy (non-hydrogen) atoms. The average Bonchev–Trinajstić information content (AvgIpc) is 2.77. The fourth-order valence-electron chi connectivity index (χ4n) is 3.54. The van der Waals surface area contributed by atoms with Crippen LogP contribution in [-0.2, 0) is 41.7 Å². The predicted molar refractivity (Wildman–Crippen MR) is 116 cm³/mol. The van der Waals surface area contributed by atoms with Crippen LogP contribution < -0.4 is 0 Å². The Balaban J connectivity index is 1.80. The molecule has 0 N–H and O–H groups in total. The average molecular weight is 427 g/mol. The van der Waals surface area contributed by atoms with Crippen molar-refractivity contribution in [2.75, 3.05) is 6.61 Å². The molecule has 1 fully saturated rings. The normalized spacial score (nSPS) is 25.7. The highest BCUT2D eigenvalue weighted by molar-refractivity contribution is 5.66. The summed E-state index contributed by atoms with van der Waals surface area (Å²) in [6, 6.07) is 19.6. The Kier molecular flexibility index (Phi) is 8.79. The highest BCUT2D eigenvalue weighted by Crippen LogP contribution is 2.30. The Bertz CT molecular complexity index is 809. The first-order valence-corrected chi connectivity index (χ1v) is 10.4. The lowest BCUT2D eigenvalue weighted by molar-refractivity contribution is -0.311. The van der Waals surface area contributed by atoms with Gasteiger partial charge in [0.15, 0.2) is 12.4 Å². The Labute approximate surface area is 183 Å². The smallest absolute Gasteiger partial charge is 0.303 e. The van der Waals surface area contributed by atoms with Crippen LogP contribution in [0.25, 0.3) is 0 Å². The van der Waals surface area contributed by atoms with Crippen LogP contribution in [0.1, 0.15) is 25.0 Å². The van der Waals surface area contributed by atoms with E-state index in [1.807, 2.05) is 67.6 Å². The number of hydrogen-bond donors (Lipinski definition) is 0. The number of ether oxygens (including phenoxy) is 5. The van der Waals surface area contributed by atoms with Gasteiger partial charge >= 0.3 is 5.97 Å². The minimum Gasteiger partial charge on any atom is -0.457 e. The van der Waals surface area contributed by atoms with Crippen LogP contribution in [0.4, 0.5) is 0 Å². The van der Waals surface area contributed by atoms with Gasteiger partial charge in [0.25, 0.3) is 0 Å². The van der Waals surface area contributed by atoms with Gasteiger partial charge in [-0.05, 0) is 18.1 Å². The van der Waals surface area contributed by atoms with Crippen molar-refractivity contribution in [2.24, 2.45) is 0 Å². The quantitative estimate of drug-likeness (QED) is 0.422. The Morgan fingerprint density at radius 3 is 1.97 bits per heavy atom. The van der Waals surface area contributed by atoms with Crippen molar-refractivity contribution in [2.45, 2.75) is 57.8 Å². The lowest BCUT2D eigenvalue weighted by atomic mass is 9.98. The zero-order chi connectivity index (χ0) is 22.1. The largest absolute Gasteiger partial charge is 0.457 e. The molecule has 1 saturated heterocycles. The second-order valence-electron chi connectivity index (χ2n) is 7.43. The maximum Gasteiger partial charge on any atom is 0.303 e. The second-order valence-corrected chi connectivity index (χ2v) is 7.43. The topological polar surface area (TPSA) is 63.2 Å². The number of carbonyl (C=O) groups is 1. The van der Waals surface area contributed by atoms with Crippen LogP contribution >= 0.6 is 0 Å². The van der Waals surface area contributed by atoms with E-state index in [9.17, 15) is 4.79 Å². The molecule has 5 atom stereocenters. The maximum absolute atomic E-state index is 11.9. The second kappa shape index (κ2) is 11.8. The van der Waals surface area contributed by atoms with E-state index in [-0.39, 0.29) is 12.7 Å². The minimum absolute atomic E-state index is 0.283. The molecule has 0 bridgehead atoms. The summed E-state index contributed by atoms with van der Waals surface area (Å²) in [7, 11) is 0. The first kappa shape index (κ1) is 23.2. The number of benzene rings is 2. The van der Waals surface area contributed by atoms with Crippen molar-refractivity contribution in [3.05, 3.63) is 84.4 Å². The van der Waals surface area contributed by atoms with Crippen LogP contribution in [0.5, 0.6) is 0 Å². The van der Waals surface area contributed by atoms with Crippen molar-refractivity contribution < 1.29 is 28.5 Å². The summed E-state index contributed by atoms with van der Waals surface area (Å²) in [6.45, 7) is 7.92. The van der Waals surface area contributed by atoms with Gasteiger partial charge in [0.1, 0.15) is 12.2 Å². The minimum atomic E-state index is -0.724. The van der Waals surface area contributed by atoms with Crippen LogP contribution in [0.2, 0.25) is 0 Å². The third-order valence-electron chi connectivity index (χ3n) is 4.98. The summed E-state index contributed by atoms with van der Waals surface area (Å²) in [4.78, 5) is 11.9. The van der Waals surface area contributed by atoms with Gasteiger partial charge in [0, 0.05) is 6.92 Å². The van der Waals surface area contributed by atoms with Gasteiger partial charge in [-0.2, -0.15) is 0 Å². The van der Waals surface area contributed by atoms with E-state index in [1.54, 1.807) is 6.08 Å². The Morgan fingerprint density at radius 2 is 1.45 bits per heavy atom. The van der Waals surface area contributed by atoms with Gasteiger partial charge in [-0.3, -0.25) is 4.79 Å². The molecule has 166 valence electrons. The predicted octanol–water partition coefficient (Wildman–Crippen LogP) is 4.04. The molecule has 1 heterocycles. The number of hydrogen-bond acceptors (Lipinski definition) is 6. The molecule has 6 nitrogen and oxygen atoms in total. The third kappa shape index (κ3) is 6.74. The van der Waals surface area contributed by atoms with E-state index in [0.29, 0.717) is 13.2 Å². The van der Waals surface area contributed by atoms with Crippen LogP contribution in [-0.4, -0.2) is 43.3 Å². The highest BCUT2D eigenvalue weighted by atomic mass is 16.7. The first-order chi connectivity index (χ1) is 15.1. The molecule has 0 unspecified atom stereocenters. The molecule has 0 radical (unpaired) electrons. The lowest BCUT2D eigenvalue weighted by Gasteiger charge is -2.44. The maximum atomic E-state index is 11.9. The lowest BCUT2D eigenvalue weighted by Crippen LogP contribution is -2.60. The summed E-state index contributed by atoms with van der Waals surface area (Å²) in [5, 5.41) is 0. The molecular weight excluding hydrogens is 396 g/mol. The van der Waals surface area contributed by atoms with E-state index < -0.39 is 30.6 Å². The third-order valence-corrected chi connectivity index (χ3v) is 4.98. The fourth-order valence-corrected chi connectivity index (χ4v) is 3.54. The molecule has 1 aliphatic rings. The monoisotopic (exact) mass is 426 g/mol. The van der Waals surface area contributed by atoms with Gasteiger partial charge in [0.2, 0.25) is 0 Å². The van der Waals surface area contributed by atoms with E-state index >= 15 is 0 Å². The van der Waals surface area contributed by atoms with Crippen molar-refractivity contribution in [1.29, 1.82) is 0 Å². The van der Waals surface area contributed by atoms with Crippen molar-refractivity contribution >= 4 is 5.97 Å². The van der Waals surface area contributed by atoms with Crippen molar-refractivity contribution in [1.82, 2.24) is 0 Å². The Morgan fingerprint density at radius 1 is 0.903 bits per heavy atom. The van der Waals surface area contributed by atoms with Gasteiger partial charge in [0.05, 0.1) is 25.9 Å². The highest BCUT2D eigenvalue weighted by Gasteiger charge is 2.48. The molecule has 0 aromatic heterocycles. The van der Waals surface area contributed by atoms with E-state index in [4.69, 9.17) is 23.7 Å². The Hall–Kier alpha value is -2.51. The van der Waals surface area contributed by atoms with Gasteiger partial charge in [-0.1, -0.05) is 66.7 Å². The van der Waals surface area contributed by atoms with Gasteiger partial charge in [-0.25, -0.2) is 0 Å². The van der Waals surface area contributed by atoms with E-state index in [2.05, 4.69) is 6.58 Å². The zero-order valence-corrected chi connectivity index (χ0v) is 18.0. The molecule has 3 rings (SSSR count). The van der Waals surface area contributed by atoms with Crippen LogP contribution in [0, 0.1) is 0 Å². The molecule has 0 amide bonds. The molecule has 0 spiro atoms. The van der Waals surface area contributed by atoms with Gasteiger partial charge < -0.3 is 23.7 Å². The van der Waals surface area contributed by atoms with E-state index in [0.717, 1.165) is 11.1 Å². The van der Waals surface area contributed by atoms with Gasteiger partial charge in [-0.15, -0.1) is 6.58 Å². The van der Waals surface area contributed by atoms with Crippen LogP contribution in [0.3, 0.4) is 0 Å². The molecule has 2 aromatic carbocycles. The first-order valence-electron chi connectivity index (χ1n) is 10.4. The van der Waals surface area contributed by atoms with E-state index in [1.165, 1.54) is 6.92 Å². The SMILES string of the molecule is C=CCO[C@H]1O[C@@H](C)[C@@H](OCc2ccccc2)[C@@H](OC(C)=O)[C@@H]1OCc1ccccc1. The molecular formula is C25H30O6. The summed E-state index contributed by atoms with van der Waals surface area (Å²) >= 11 is 0. The molecule has 0 saturated carbocycles. The summed E-state index contributed by atoms with van der Waals surface area (Å²) in [6.07, 6.45) is -1.34. The molecule has 6 heteroatoms. The zero-order valence-electron chi connectivity index (χ0n) is 18.0. The summed E-state index contributed by atoms with van der Waals surface area (Å²) in [5.74, 6) is -0.414. The standard InChI is InChI=1S/C25H30O6/c1-4-15-27-25-24(29-17-21-13-9-6-10-14-21)23(31-19(3)26)22(18(2)30-25)28-16-20-11-7-5-8-12-20/h4-14,18,22-25H,1,15-17H2,2-3H3/t18-,22+,23+,24-,25-/m0/s1. The summed E-state index contributed by atoms with van der Waals surface area (Å²) < 4.78 is 30.0. The number of esters is 1.